The van der Waals surface area contributed by atoms with E-state index >= 15 is 0 Å². The fourth-order valence-corrected chi connectivity index (χ4v) is 2.94. The van der Waals surface area contributed by atoms with E-state index in [2.05, 4.69) is 35.8 Å². The number of piperidine rings is 1. The van der Waals surface area contributed by atoms with Gasteiger partial charge in [0.05, 0.1) is 0 Å². The number of nitrogens with one attached hydrogen (secondary N) is 1. The third-order valence-corrected chi connectivity index (χ3v) is 4.31. The van der Waals surface area contributed by atoms with Crippen molar-refractivity contribution in [1.29, 1.82) is 0 Å². The van der Waals surface area contributed by atoms with E-state index in [1.54, 1.807) is 11.8 Å². The number of nitrogens with zero attached hydrogens (tertiary/aromatic N) is 1. The van der Waals surface area contributed by atoms with Crippen molar-refractivity contribution in [3.63, 3.8) is 0 Å². The zero-order valence-corrected chi connectivity index (χ0v) is 14.7. The number of amides is 1. The van der Waals surface area contributed by atoms with Crippen LogP contribution in [-0.4, -0.2) is 42.0 Å². The molecule has 1 aliphatic heterocycles. The molecule has 1 saturated heterocycles. The van der Waals surface area contributed by atoms with Crippen LogP contribution in [0.15, 0.2) is 29.2 Å². The minimum Gasteiger partial charge on any atom is -0.444 e. The summed E-state index contributed by atoms with van der Waals surface area (Å²) < 4.78 is 5.42. The Kier molecular flexibility index (Phi) is 5.62. The highest BCUT2D eigenvalue weighted by Gasteiger charge is 2.26. The number of benzene rings is 1. The molecule has 0 spiro atoms. The predicted octanol–water partition coefficient (Wildman–Crippen LogP) is 4.22. The molecule has 1 N–H and O–H groups in total. The molecule has 1 heterocycles. The molecule has 0 aromatic heterocycles. The summed E-state index contributed by atoms with van der Waals surface area (Å²) in [4.78, 5) is 15.1. The van der Waals surface area contributed by atoms with E-state index in [0.29, 0.717) is 6.04 Å². The summed E-state index contributed by atoms with van der Waals surface area (Å²) in [5.74, 6) is 0. The van der Waals surface area contributed by atoms with E-state index < -0.39 is 5.60 Å². The zero-order chi connectivity index (χ0) is 16.2. The molecule has 1 fully saturated rings. The van der Waals surface area contributed by atoms with Gasteiger partial charge >= 0.3 is 6.09 Å². The summed E-state index contributed by atoms with van der Waals surface area (Å²) in [5, 5.41) is 3.57. The first-order chi connectivity index (χ1) is 10.4. The lowest BCUT2D eigenvalue weighted by molar-refractivity contribution is 0.0210. The smallest absolute Gasteiger partial charge is 0.410 e. The van der Waals surface area contributed by atoms with Gasteiger partial charge in [0, 0.05) is 29.7 Å². The number of likely N-dealkylation sites (tertiary alicyclic amines) is 1. The molecule has 0 radical (unpaired) electrons. The topological polar surface area (TPSA) is 41.6 Å². The Morgan fingerprint density at radius 1 is 1.32 bits per heavy atom. The lowest BCUT2D eigenvalue weighted by Crippen LogP contribution is -2.44. The quantitative estimate of drug-likeness (QED) is 0.846. The van der Waals surface area contributed by atoms with Crippen molar-refractivity contribution in [1.82, 2.24) is 4.90 Å². The number of thioether (sulfide) groups is 1. The number of rotatable bonds is 3. The highest BCUT2D eigenvalue weighted by Crippen LogP contribution is 2.22. The molecule has 1 aliphatic rings. The lowest BCUT2D eigenvalue weighted by Gasteiger charge is -2.34. The summed E-state index contributed by atoms with van der Waals surface area (Å²) in [5.41, 5.74) is 0.729. The van der Waals surface area contributed by atoms with Crippen LogP contribution in [0.5, 0.6) is 0 Å². The minimum absolute atomic E-state index is 0.199. The van der Waals surface area contributed by atoms with Gasteiger partial charge in [-0.05, 0) is 58.1 Å². The lowest BCUT2D eigenvalue weighted by atomic mass is 10.0. The Morgan fingerprint density at radius 2 is 2.00 bits per heavy atom. The SMILES string of the molecule is CSc1cccc(NC2CCN(C(=O)OC(C)(C)C)CC2)c1. The Labute approximate surface area is 137 Å². The van der Waals surface area contributed by atoms with Crippen LogP contribution < -0.4 is 5.32 Å². The number of anilines is 1. The maximum atomic E-state index is 12.0. The van der Waals surface area contributed by atoms with E-state index in [-0.39, 0.29) is 6.09 Å². The molecule has 0 atom stereocenters. The number of carbonyl (C=O) groups excluding carboxylic acids is 1. The van der Waals surface area contributed by atoms with Gasteiger partial charge in [-0.25, -0.2) is 4.79 Å². The molecule has 0 saturated carbocycles. The van der Waals surface area contributed by atoms with Gasteiger partial charge in [-0.2, -0.15) is 0 Å². The first kappa shape index (κ1) is 17.0. The molecule has 0 bridgehead atoms. The fraction of sp³-hybridized carbons (Fsp3) is 0.588. The van der Waals surface area contributed by atoms with E-state index in [1.165, 1.54) is 4.90 Å². The van der Waals surface area contributed by atoms with Gasteiger partial charge in [-0.1, -0.05) is 6.07 Å². The van der Waals surface area contributed by atoms with Crippen LogP contribution in [0.2, 0.25) is 0 Å². The molecule has 1 aromatic rings. The molecular weight excluding hydrogens is 296 g/mol. The van der Waals surface area contributed by atoms with Crippen LogP contribution in [0.1, 0.15) is 33.6 Å². The maximum absolute atomic E-state index is 12.0. The van der Waals surface area contributed by atoms with Gasteiger partial charge in [0.1, 0.15) is 5.60 Å². The molecule has 1 aromatic carbocycles. The van der Waals surface area contributed by atoms with Gasteiger partial charge in [0.2, 0.25) is 0 Å². The van der Waals surface area contributed by atoms with Gasteiger partial charge < -0.3 is 15.0 Å². The van der Waals surface area contributed by atoms with Crippen LogP contribution >= 0.6 is 11.8 Å². The van der Waals surface area contributed by atoms with Crippen molar-refractivity contribution in [2.45, 2.75) is 50.2 Å². The number of hydrogen-bond acceptors (Lipinski definition) is 4. The highest BCUT2D eigenvalue weighted by atomic mass is 32.2. The third-order valence-electron chi connectivity index (χ3n) is 3.59. The van der Waals surface area contributed by atoms with Crippen molar-refractivity contribution < 1.29 is 9.53 Å². The average molecular weight is 322 g/mol. The number of ether oxygens (including phenoxy) is 1. The molecule has 5 heteroatoms. The standard InChI is InChI=1S/C17H26N2O2S/c1-17(2,3)21-16(20)19-10-8-13(9-11-19)18-14-6-5-7-15(12-14)22-4/h5-7,12-13,18H,8-11H2,1-4H3. The molecular formula is C17H26N2O2S. The summed E-state index contributed by atoms with van der Waals surface area (Å²) in [6.07, 6.45) is 3.78. The Hall–Kier alpha value is -1.36. The fourth-order valence-electron chi connectivity index (χ4n) is 2.48. The van der Waals surface area contributed by atoms with Crippen LogP contribution in [0.3, 0.4) is 0 Å². The van der Waals surface area contributed by atoms with Gasteiger partial charge in [0.15, 0.2) is 0 Å². The molecule has 2 rings (SSSR count). The maximum Gasteiger partial charge on any atom is 0.410 e. The van der Waals surface area contributed by atoms with Gasteiger partial charge in [0.25, 0.3) is 0 Å². The first-order valence-electron chi connectivity index (χ1n) is 7.76. The Bertz CT molecular complexity index is 506. The molecule has 1 amide bonds. The minimum atomic E-state index is -0.426. The zero-order valence-electron chi connectivity index (χ0n) is 13.9. The van der Waals surface area contributed by atoms with E-state index in [0.717, 1.165) is 31.6 Å². The van der Waals surface area contributed by atoms with Crippen molar-refractivity contribution in [3.8, 4) is 0 Å². The van der Waals surface area contributed by atoms with Crippen LogP contribution in [0.25, 0.3) is 0 Å². The first-order valence-corrected chi connectivity index (χ1v) is 8.98. The second kappa shape index (κ2) is 7.27. The van der Waals surface area contributed by atoms with Crippen molar-refractivity contribution in [3.05, 3.63) is 24.3 Å². The monoisotopic (exact) mass is 322 g/mol. The summed E-state index contributed by atoms with van der Waals surface area (Å²) in [6.45, 7) is 7.19. The van der Waals surface area contributed by atoms with Crippen molar-refractivity contribution in [2.24, 2.45) is 0 Å². The Balaban J connectivity index is 1.83. The molecule has 122 valence electrons. The van der Waals surface area contributed by atoms with Crippen molar-refractivity contribution in [2.75, 3.05) is 24.7 Å². The third kappa shape index (κ3) is 5.13. The number of hydrogen-bond donors (Lipinski definition) is 1. The summed E-state index contributed by atoms with van der Waals surface area (Å²) >= 11 is 1.75. The highest BCUT2D eigenvalue weighted by molar-refractivity contribution is 7.98. The van der Waals surface area contributed by atoms with Crippen LogP contribution in [0.4, 0.5) is 10.5 Å². The second-order valence-electron chi connectivity index (χ2n) is 6.62. The Morgan fingerprint density at radius 3 is 2.59 bits per heavy atom. The van der Waals surface area contributed by atoms with Crippen LogP contribution in [-0.2, 0) is 4.74 Å². The van der Waals surface area contributed by atoms with Crippen molar-refractivity contribution >= 4 is 23.5 Å². The van der Waals surface area contributed by atoms with E-state index in [1.807, 2.05) is 25.7 Å². The molecule has 22 heavy (non-hydrogen) atoms. The second-order valence-corrected chi connectivity index (χ2v) is 7.50. The van der Waals surface area contributed by atoms with Gasteiger partial charge in [-0.3, -0.25) is 0 Å². The number of carbonyl (C=O) groups is 1. The molecule has 0 unspecified atom stereocenters. The molecule has 0 aliphatic carbocycles. The predicted molar refractivity (Wildman–Crippen MR) is 92.7 cm³/mol. The van der Waals surface area contributed by atoms with E-state index in [4.69, 9.17) is 4.74 Å². The summed E-state index contributed by atoms with van der Waals surface area (Å²) in [7, 11) is 0. The molecule has 4 nitrogen and oxygen atoms in total. The average Bonchev–Trinajstić information content (AvgIpc) is 2.46. The largest absolute Gasteiger partial charge is 0.444 e. The van der Waals surface area contributed by atoms with Crippen LogP contribution in [0, 0.1) is 0 Å². The normalized spacial score (nSPS) is 16.5. The van der Waals surface area contributed by atoms with E-state index in [9.17, 15) is 4.79 Å². The summed E-state index contributed by atoms with van der Waals surface area (Å²) in [6, 6.07) is 8.87. The van der Waals surface area contributed by atoms with Gasteiger partial charge in [-0.15, -0.1) is 11.8 Å².